The zero-order valence-electron chi connectivity index (χ0n) is 8.20. The van der Waals surface area contributed by atoms with Crippen molar-refractivity contribution in [2.45, 2.75) is 25.3 Å². The van der Waals surface area contributed by atoms with Crippen LogP contribution in [0.2, 0.25) is 0 Å². The molecule has 3 rings (SSSR count). The Morgan fingerprint density at radius 2 is 2.21 bits per heavy atom. The fourth-order valence-corrected chi connectivity index (χ4v) is 2.21. The van der Waals surface area contributed by atoms with Gasteiger partial charge in [0.15, 0.2) is 0 Å². The Morgan fingerprint density at radius 1 is 1.57 bits per heavy atom. The molecular weight excluding hydrogens is 178 g/mol. The standard InChI is InChI=1S/C11H15NO2/c1-8(11(13)14)6-10-7-9-2-4-12(10)5-3-9/h7,10H,1-6H2,(H,13,14). The molecular formula is C11H15NO2. The van der Waals surface area contributed by atoms with Crippen molar-refractivity contribution in [3.05, 3.63) is 23.8 Å². The minimum Gasteiger partial charge on any atom is -0.478 e. The molecule has 0 radical (unpaired) electrons. The highest BCUT2D eigenvalue weighted by molar-refractivity contribution is 5.85. The van der Waals surface area contributed by atoms with E-state index in [1.54, 1.807) is 0 Å². The summed E-state index contributed by atoms with van der Waals surface area (Å²) in [6, 6.07) is 0.288. The Kier molecular flexibility index (Phi) is 2.42. The van der Waals surface area contributed by atoms with E-state index < -0.39 is 5.97 Å². The Bertz CT molecular complexity index is 296. The molecule has 14 heavy (non-hydrogen) atoms. The Hall–Kier alpha value is -1.09. The highest BCUT2D eigenvalue weighted by Crippen LogP contribution is 2.28. The number of aliphatic carboxylic acids is 1. The van der Waals surface area contributed by atoms with Crippen molar-refractivity contribution >= 4 is 5.97 Å². The van der Waals surface area contributed by atoms with Crippen LogP contribution in [0.25, 0.3) is 0 Å². The number of carboxylic acid groups (broad SMARTS) is 1. The van der Waals surface area contributed by atoms with E-state index in [2.05, 4.69) is 17.6 Å². The van der Waals surface area contributed by atoms with Crippen LogP contribution in [-0.4, -0.2) is 35.1 Å². The summed E-state index contributed by atoms with van der Waals surface area (Å²) in [6.45, 7) is 5.75. The SMILES string of the molecule is C=C(CC1C=C2CCN1CC2)C(=O)O. The van der Waals surface area contributed by atoms with E-state index in [1.165, 1.54) is 5.57 Å². The van der Waals surface area contributed by atoms with Crippen molar-refractivity contribution < 1.29 is 9.90 Å². The van der Waals surface area contributed by atoms with Crippen LogP contribution in [0, 0.1) is 0 Å². The van der Waals surface area contributed by atoms with Gasteiger partial charge in [-0.2, -0.15) is 0 Å². The summed E-state index contributed by atoms with van der Waals surface area (Å²) >= 11 is 0. The molecule has 1 fully saturated rings. The molecule has 0 aromatic heterocycles. The molecule has 3 nitrogen and oxygen atoms in total. The number of rotatable bonds is 3. The van der Waals surface area contributed by atoms with Crippen LogP contribution in [-0.2, 0) is 4.79 Å². The molecule has 0 aromatic carbocycles. The molecule has 0 aliphatic carbocycles. The Labute approximate surface area is 83.7 Å². The number of hydrogen-bond acceptors (Lipinski definition) is 2. The van der Waals surface area contributed by atoms with Crippen molar-refractivity contribution in [2.24, 2.45) is 0 Å². The predicted molar refractivity (Wildman–Crippen MR) is 54.1 cm³/mol. The first-order valence-electron chi connectivity index (χ1n) is 5.01. The number of fused-ring (bicyclic) bond motifs is 3. The van der Waals surface area contributed by atoms with Crippen molar-refractivity contribution in [3.8, 4) is 0 Å². The fourth-order valence-electron chi connectivity index (χ4n) is 2.21. The van der Waals surface area contributed by atoms with E-state index in [0.717, 1.165) is 25.9 Å². The van der Waals surface area contributed by atoms with Gasteiger partial charge in [-0.25, -0.2) is 4.79 Å². The largest absolute Gasteiger partial charge is 0.478 e. The van der Waals surface area contributed by atoms with Gasteiger partial charge in [-0.3, -0.25) is 4.90 Å². The van der Waals surface area contributed by atoms with Gasteiger partial charge in [-0.05, 0) is 19.3 Å². The maximum atomic E-state index is 10.6. The molecule has 0 amide bonds. The van der Waals surface area contributed by atoms with Gasteiger partial charge in [0.25, 0.3) is 0 Å². The molecule has 2 bridgehead atoms. The zero-order valence-corrected chi connectivity index (χ0v) is 8.20. The number of nitrogens with zero attached hydrogens (tertiary/aromatic N) is 1. The van der Waals surface area contributed by atoms with Crippen LogP contribution in [0.4, 0.5) is 0 Å². The molecule has 1 unspecified atom stereocenters. The maximum absolute atomic E-state index is 10.6. The summed E-state index contributed by atoms with van der Waals surface area (Å²) in [4.78, 5) is 13.0. The first kappa shape index (κ1) is 9.46. The van der Waals surface area contributed by atoms with E-state index in [4.69, 9.17) is 5.11 Å². The van der Waals surface area contributed by atoms with Crippen molar-refractivity contribution in [1.29, 1.82) is 0 Å². The molecule has 1 saturated heterocycles. The van der Waals surface area contributed by atoms with E-state index in [-0.39, 0.29) is 6.04 Å². The quantitative estimate of drug-likeness (QED) is 0.544. The van der Waals surface area contributed by atoms with Gasteiger partial charge < -0.3 is 5.11 Å². The lowest BCUT2D eigenvalue weighted by Crippen LogP contribution is -2.43. The molecule has 3 heterocycles. The van der Waals surface area contributed by atoms with E-state index in [9.17, 15) is 4.79 Å². The van der Waals surface area contributed by atoms with Crippen molar-refractivity contribution in [3.63, 3.8) is 0 Å². The van der Waals surface area contributed by atoms with Crippen LogP contribution in [0.1, 0.15) is 19.3 Å². The monoisotopic (exact) mass is 193 g/mol. The Morgan fingerprint density at radius 3 is 2.64 bits per heavy atom. The Balaban J connectivity index is 2.03. The molecule has 0 saturated carbocycles. The van der Waals surface area contributed by atoms with Crippen LogP contribution < -0.4 is 0 Å². The summed E-state index contributed by atoms with van der Waals surface area (Å²) < 4.78 is 0. The molecule has 1 N–H and O–H groups in total. The summed E-state index contributed by atoms with van der Waals surface area (Å²) in [5.41, 5.74) is 1.81. The second kappa shape index (κ2) is 3.58. The van der Waals surface area contributed by atoms with Gasteiger partial charge in [0, 0.05) is 24.7 Å². The molecule has 76 valence electrons. The van der Waals surface area contributed by atoms with Gasteiger partial charge in [-0.15, -0.1) is 0 Å². The normalized spacial score (nSPS) is 29.9. The van der Waals surface area contributed by atoms with E-state index in [1.807, 2.05) is 0 Å². The average molecular weight is 193 g/mol. The fraction of sp³-hybridized carbons (Fsp3) is 0.545. The number of carboxylic acids is 1. The van der Waals surface area contributed by atoms with Gasteiger partial charge in [0.05, 0.1) is 0 Å². The molecule has 0 aromatic rings. The van der Waals surface area contributed by atoms with Gasteiger partial charge in [-0.1, -0.05) is 18.2 Å². The third-order valence-electron chi connectivity index (χ3n) is 3.10. The molecule has 3 heteroatoms. The highest BCUT2D eigenvalue weighted by Gasteiger charge is 2.27. The molecule has 0 spiro atoms. The van der Waals surface area contributed by atoms with Crippen LogP contribution in [0.3, 0.4) is 0 Å². The minimum absolute atomic E-state index is 0.288. The second-order valence-corrected chi connectivity index (χ2v) is 4.04. The zero-order chi connectivity index (χ0) is 10.1. The predicted octanol–water partition coefficient (Wildman–Crippen LogP) is 1.42. The smallest absolute Gasteiger partial charge is 0.331 e. The van der Waals surface area contributed by atoms with Crippen molar-refractivity contribution in [2.75, 3.05) is 13.1 Å². The topological polar surface area (TPSA) is 40.5 Å². The number of hydrogen-bond donors (Lipinski definition) is 1. The lowest BCUT2D eigenvalue weighted by atomic mass is 9.91. The van der Waals surface area contributed by atoms with Crippen LogP contribution in [0.5, 0.6) is 0 Å². The summed E-state index contributed by atoms with van der Waals surface area (Å²) in [5, 5.41) is 8.74. The van der Waals surface area contributed by atoms with Gasteiger partial charge in [0.2, 0.25) is 0 Å². The molecule has 3 aliphatic rings. The third-order valence-corrected chi connectivity index (χ3v) is 3.10. The number of carbonyl (C=O) groups is 1. The lowest BCUT2D eigenvalue weighted by molar-refractivity contribution is -0.132. The maximum Gasteiger partial charge on any atom is 0.331 e. The second-order valence-electron chi connectivity index (χ2n) is 4.04. The minimum atomic E-state index is -0.869. The highest BCUT2D eigenvalue weighted by atomic mass is 16.4. The summed E-state index contributed by atoms with van der Waals surface area (Å²) in [6.07, 6.45) is 5.12. The van der Waals surface area contributed by atoms with E-state index >= 15 is 0 Å². The first-order valence-corrected chi connectivity index (χ1v) is 5.01. The average Bonchev–Trinajstić information content (AvgIpc) is 2.19. The van der Waals surface area contributed by atoms with Crippen molar-refractivity contribution in [1.82, 2.24) is 4.90 Å². The lowest BCUT2D eigenvalue weighted by Gasteiger charge is -2.39. The molecule has 3 aliphatic heterocycles. The van der Waals surface area contributed by atoms with Gasteiger partial charge in [0.1, 0.15) is 0 Å². The van der Waals surface area contributed by atoms with Crippen LogP contribution in [0.15, 0.2) is 23.8 Å². The third kappa shape index (κ3) is 1.73. The van der Waals surface area contributed by atoms with E-state index in [0.29, 0.717) is 12.0 Å². The number of piperidine rings is 1. The molecule has 1 atom stereocenters. The van der Waals surface area contributed by atoms with Gasteiger partial charge >= 0.3 is 5.97 Å². The summed E-state index contributed by atoms with van der Waals surface area (Å²) in [7, 11) is 0. The van der Waals surface area contributed by atoms with Crippen LogP contribution >= 0.6 is 0 Å². The summed E-state index contributed by atoms with van der Waals surface area (Å²) in [5.74, 6) is -0.869. The first-order chi connectivity index (χ1) is 6.66.